The van der Waals surface area contributed by atoms with E-state index in [-0.39, 0.29) is 5.84 Å². The molecule has 0 saturated carbocycles. The van der Waals surface area contributed by atoms with E-state index in [9.17, 15) is 0 Å². The summed E-state index contributed by atoms with van der Waals surface area (Å²) in [6, 6.07) is 15.4. The number of rotatable bonds is 3. The van der Waals surface area contributed by atoms with E-state index in [2.05, 4.69) is 4.98 Å². The second kappa shape index (κ2) is 5.25. The van der Waals surface area contributed by atoms with E-state index in [1.54, 1.807) is 6.20 Å². The summed E-state index contributed by atoms with van der Waals surface area (Å²) < 4.78 is 5.98. The van der Waals surface area contributed by atoms with Crippen molar-refractivity contribution < 1.29 is 4.74 Å². The molecule has 0 aliphatic heterocycles. The SMILES string of the molecule is Cc1ccc(Oc2c(C(=N)N)cnc3ccccc23)cc1. The van der Waals surface area contributed by atoms with Crippen LogP contribution in [0.3, 0.4) is 0 Å². The molecule has 0 aliphatic rings. The first-order valence-corrected chi connectivity index (χ1v) is 6.62. The summed E-state index contributed by atoms with van der Waals surface area (Å²) >= 11 is 0. The average Bonchev–Trinajstić information content (AvgIpc) is 2.49. The van der Waals surface area contributed by atoms with Gasteiger partial charge in [0.05, 0.1) is 11.1 Å². The minimum Gasteiger partial charge on any atom is -0.456 e. The molecule has 1 aromatic heterocycles. The Labute approximate surface area is 122 Å². The number of fused-ring (bicyclic) bond motifs is 1. The summed E-state index contributed by atoms with van der Waals surface area (Å²) in [6.07, 6.45) is 1.58. The van der Waals surface area contributed by atoms with Crippen LogP contribution in [0.15, 0.2) is 54.7 Å². The Morgan fingerprint density at radius 1 is 1.10 bits per heavy atom. The standard InChI is InChI=1S/C17H15N3O/c1-11-6-8-12(9-7-11)21-16-13-4-2-3-5-15(13)20-10-14(16)17(18)19/h2-10H,1H3,(H3,18,19). The van der Waals surface area contributed by atoms with Crippen LogP contribution in [0.5, 0.6) is 11.5 Å². The van der Waals surface area contributed by atoms with Crippen molar-refractivity contribution in [1.29, 1.82) is 5.41 Å². The molecule has 4 heteroatoms. The molecule has 4 nitrogen and oxygen atoms in total. The summed E-state index contributed by atoms with van der Waals surface area (Å²) in [5.74, 6) is 1.21. The molecular weight excluding hydrogens is 262 g/mol. The van der Waals surface area contributed by atoms with Gasteiger partial charge in [0.1, 0.15) is 17.3 Å². The van der Waals surface area contributed by atoms with Gasteiger partial charge in [-0.25, -0.2) is 0 Å². The average molecular weight is 277 g/mol. The first-order chi connectivity index (χ1) is 10.1. The maximum absolute atomic E-state index is 7.71. The number of nitrogen functional groups attached to an aromatic ring is 1. The first kappa shape index (κ1) is 13.1. The Morgan fingerprint density at radius 3 is 2.52 bits per heavy atom. The van der Waals surface area contributed by atoms with Crippen molar-refractivity contribution in [2.45, 2.75) is 6.92 Å². The minimum absolute atomic E-state index is 0.0598. The second-order valence-corrected chi connectivity index (χ2v) is 4.85. The van der Waals surface area contributed by atoms with Crippen molar-refractivity contribution in [2.75, 3.05) is 0 Å². The number of nitrogens with two attached hydrogens (primary N) is 1. The Hall–Kier alpha value is -2.88. The van der Waals surface area contributed by atoms with Gasteiger partial charge in [0.25, 0.3) is 0 Å². The largest absolute Gasteiger partial charge is 0.456 e. The molecule has 0 bridgehead atoms. The molecule has 0 atom stereocenters. The van der Waals surface area contributed by atoms with Gasteiger partial charge in [-0.05, 0) is 31.2 Å². The molecule has 3 aromatic rings. The van der Waals surface area contributed by atoms with Crippen molar-refractivity contribution in [3.63, 3.8) is 0 Å². The highest BCUT2D eigenvalue weighted by Gasteiger charge is 2.13. The van der Waals surface area contributed by atoms with E-state index < -0.39 is 0 Å². The summed E-state index contributed by atoms with van der Waals surface area (Å²) in [7, 11) is 0. The number of pyridine rings is 1. The highest BCUT2D eigenvalue weighted by Crippen LogP contribution is 2.32. The van der Waals surface area contributed by atoms with Gasteiger partial charge in [0.15, 0.2) is 0 Å². The molecule has 0 fully saturated rings. The monoisotopic (exact) mass is 277 g/mol. The Balaban J connectivity index is 2.16. The normalized spacial score (nSPS) is 10.5. The highest BCUT2D eigenvalue weighted by atomic mass is 16.5. The van der Waals surface area contributed by atoms with Gasteiger partial charge in [-0.3, -0.25) is 10.4 Å². The van der Waals surface area contributed by atoms with E-state index in [0.717, 1.165) is 16.5 Å². The number of nitrogens with zero attached hydrogens (tertiary/aromatic N) is 1. The predicted octanol–water partition coefficient (Wildman–Crippen LogP) is 3.62. The van der Waals surface area contributed by atoms with Crippen LogP contribution in [-0.2, 0) is 0 Å². The van der Waals surface area contributed by atoms with Crippen LogP contribution >= 0.6 is 0 Å². The van der Waals surface area contributed by atoms with Gasteiger partial charge in [0, 0.05) is 11.6 Å². The van der Waals surface area contributed by atoms with Crippen LogP contribution in [0.2, 0.25) is 0 Å². The molecule has 3 N–H and O–H groups in total. The molecule has 21 heavy (non-hydrogen) atoms. The second-order valence-electron chi connectivity index (χ2n) is 4.85. The van der Waals surface area contributed by atoms with Gasteiger partial charge < -0.3 is 10.5 Å². The van der Waals surface area contributed by atoms with Crippen LogP contribution in [0.1, 0.15) is 11.1 Å². The van der Waals surface area contributed by atoms with Crippen LogP contribution in [-0.4, -0.2) is 10.8 Å². The fraction of sp³-hybridized carbons (Fsp3) is 0.0588. The number of hydrogen-bond acceptors (Lipinski definition) is 3. The molecule has 2 aromatic carbocycles. The lowest BCUT2D eigenvalue weighted by Crippen LogP contribution is -2.13. The topological polar surface area (TPSA) is 72.0 Å². The summed E-state index contributed by atoms with van der Waals surface area (Å²) in [5.41, 5.74) is 8.11. The van der Waals surface area contributed by atoms with Crippen molar-refractivity contribution in [1.82, 2.24) is 4.98 Å². The molecule has 0 aliphatic carbocycles. The summed E-state index contributed by atoms with van der Waals surface area (Å²) in [6.45, 7) is 2.02. The fourth-order valence-corrected chi connectivity index (χ4v) is 2.14. The summed E-state index contributed by atoms with van der Waals surface area (Å²) in [4.78, 5) is 4.32. The molecule has 104 valence electrons. The van der Waals surface area contributed by atoms with E-state index in [4.69, 9.17) is 15.9 Å². The molecule has 1 heterocycles. The number of aromatic nitrogens is 1. The fourth-order valence-electron chi connectivity index (χ4n) is 2.14. The molecule has 0 amide bonds. The van der Waals surface area contributed by atoms with E-state index >= 15 is 0 Å². The van der Waals surface area contributed by atoms with Gasteiger partial charge >= 0.3 is 0 Å². The maximum Gasteiger partial charge on any atom is 0.149 e. The van der Waals surface area contributed by atoms with Crippen LogP contribution in [0.4, 0.5) is 0 Å². The zero-order chi connectivity index (χ0) is 14.8. The molecule has 0 unspecified atom stereocenters. The molecule has 3 rings (SSSR count). The Bertz CT molecular complexity index is 810. The van der Waals surface area contributed by atoms with Crippen molar-refractivity contribution in [3.05, 3.63) is 65.9 Å². The van der Waals surface area contributed by atoms with Crippen LogP contribution in [0, 0.1) is 12.3 Å². The molecule has 0 spiro atoms. The predicted molar refractivity (Wildman–Crippen MR) is 84.0 cm³/mol. The number of amidine groups is 1. The molecular formula is C17H15N3O. The van der Waals surface area contributed by atoms with Gasteiger partial charge in [-0.15, -0.1) is 0 Å². The van der Waals surface area contributed by atoms with E-state index in [1.807, 2.05) is 55.5 Å². The quantitative estimate of drug-likeness (QED) is 0.567. The number of hydrogen-bond donors (Lipinski definition) is 2. The van der Waals surface area contributed by atoms with E-state index in [0.29, 0.717) is 17.1 Å². The van der Waals surface area contributed by atoms with Crippen molar-refractivity contribution in [2.24, 2.45) is 5.73 Å². The van der Waals surface area contributed by atoms with Gasteiger partial charge in [0.2, 0.25) is 0 Å². The lowest BCUT2D eigenvalue weighted by molar-refractivity contribution is 0.486. The number of nitrogens with one attached hydrogen (secondary N) is 1. The van der Waals surface area contributed by atoms with Crippen LogP contribution < -0.4 is 10.5 Å². The third-order valence-electron chi connectivity index (χ3n) is 3.26. The smallest absolute Gasteiger partial charge is 0.149 e. The highest BCUT2D eigenvalue weighted by molar-refractivity contribution is 6.03. The molecule has 0 saturated heterocycles. The zero-order valence-corrected chi connectivity index (χ0v) is 11.6. The third kappa shape index (κ3) is 2.56. The minimum atomic E-state index is -0.0598. The number of ether oxygens (including phenoxy) is 1. The number of para-hydroxylation sites is 1. The Kier molecular flexibility index (Phi) is 3.28. The Morgan fingerprint density at radius 2 is 1.81 bits per heavy atom. The van der Waals surface area contributed by atoms with Crippen molar-refractivity contribution in [3.8, 4) is 11.5 Å². The zero-order valence-electron chi connectivity index (χ0n) is 11.6. The lowest BCUT2D eigenvalue weighted by atomic mass is 10.1. The van der Waals surface area contributed by atoms with Gasteiger partial charge in [-0.2, -0.15) is 0 Å². The third-order valence-corrected chi connectivity index (χ3v) is 3.26. The van der Waals surface area contributed by atoms with Gasteiger partial charge in [-0.1, -0.05) is 29.8 Å². The first-order valence-electron chi connectivity index (χ1n) is 6.62. The lowest BCUT2D eigenvalue weighted by Gasteiger charge is -2.13. The molecule has 0 radical (unpaired) electrons. The number of benzene rings is 2. The van der Waals surface area contributed by atoms with Crippen LogP contribution in [0.25, 0.3) is 10.9 Å². The van der Waals surface area contributed by atoms with Crippen molar-refractivity contribution >= 4 is 16.7 Å². The van der Waals surface area contributed by atoms with E-state index in [1.165, 1.54) is 0 Å². The number of aryl methyl sites for hydroxylation is 1. The summed E-state index contributed by atoms with van der Waals surface area (Å²) in [5, 5.41) is 8.55. The maximum atomic E-state index is 7.71.